The Balaban J connectivity index is 1.70. The van der Waals surface area contributed by atoms with Crippen LogP contribution in [0.5, 0.6) is 5.88 Å². The van der Waals surface area contributed by atoms with Crippen LogP contribution in [0.3, 0.4) is 0 Å². The minimum Gasteiger partial charge on any atom is -0.477 e. The first kappa shape index (κ1) is 14.4. The number of carbonyl (C=O) groups excluding carboxylic acids is 1. The van der Waals surface area contributed by atoms with Crippen LogP contribution in [0.4, 0.5) is 0 Å². The molecule has 1 saturated carbocycles. The maximum absolute atomic E-state index is 12.5. The number of rotatable bonds is 2. The second kappa shape index (κ2) is 5.35. The Morgan fingerprint density at radius 2 is 2.29 bits per heavy atom. The molecule has 1 aliphatic carbocycles. The molecule has 0 spiro atoms. The molecule has 2 aliphatic rings. The predicted octanol–water partition coefficient (Wildman–Crippen LogP) is 2.61. The maximum Gasteiger partial charge on any atom is 0.258 e. The maximum atomic E-state index is 12.5. The molecule has 3 rings (SSSR count). The highest BCUT2D eigenvalue weighted by molar-refractivity contribution is 5.96. The molecule has 2 atom stereocenters. The van der Waals surface area contributed by atoms with E-state index < -0.39 is 0 Å². The average molecular weight is 291 g/mol. The van der Waals surface area contributed by atoms with Crippen LogP contribution in [0.2, 0.25) is 0 Å². The van der Waals surface area contributed by atoms with Gasteiger partial charge >= 0.3 is 0 Å². The average Bonchev–Trinajstić information content (AvgIpc) is 2.79. The van der Waals surface area contributed by atoms with Gasteiger partial charge in [0.15, 0.2) is 0 Å². The summed E-state index contributed by atoms with van der Waals surface area (Å²) in [5.74, 6) is 1.23. The lowest BCUT2D eigenvalue weighted by molar-refractivity contribution is 0.0868. The summed E-state index contributed by atoms with van der Waals surface area (Å²) in [7, 11) is 0. The van der Waals surface area contributed by atoms with Gasteiger partial charge in [-0.15, -0.1) is 0 Å². The van der Waals surface area contributed by atoms with Gasteiger partial charge in [0.05, 0.1) is 12.8 Å². The lowest BCUT2D eigenvalue weighted by Crippen LogP contribution is -2.43. The Hall–Kier alpha value is -1.52. The number of hydrogen-bond acceptors (Lipinski definition) is 3. The number of hydrogen-bond donors (Lipinski definition) is 1. The summed E-state index contributed by atoms with van der Waals surface area (Å²) in [5, 5.41) is 7.43. The van der Waals surface area contributed by atoms with Crippen molar-refractivity contribution in [2.75, 3.05) is 6.61 Å². The van der Waals surface area contributed by atoms with Crippen LogP contribution < -0.4 is 10.1 Å². The van der Waals surface area contributed by atoms with Crippen LogP contribution in [-0.2, 0) is 6.54 Å². The molecule has 0 saturated heterocycles. The number of ether oxygens (including phenoxy) is 1. The summed E-state index contributed by atoms with van der Waals surface area (Å²) in [4.78, 5) is 12.5. The van der Waals surface area contributed by atoms with Gasteiger partial charge in [-0.2, -0.15) is 5.10 Å². The zero-order valence-corrected chi connectivity index (χ0v) is 13.2. The van der Waals surface area contributed by atoms with E-state index >= 15 is 0 Å². The van der Waals surface area contributed by atoms with Crippen LogP contribution in [0.25, 0.3) is 0 Å². The van der Waals surface area contributed by atoms with E-state index in [-0.39, 0.29) is 11.9 Å². The van der Waals surface area contributed by atoms with Gasteiger partial charge in [0, 0.05) is 19.0 Å². The van der Waals surface area contributed by atoms with Gasteiger partial charge in [0.1, 0.15) is 5.56 Å². The van der Waals surface area contributed by atoms with Crippen molar-refractivity contribution in [3.05, 3.63) is 11.8 Å². The van der Waals surface area contributed by atoms with E-state index in [0.717, 1.165) is 25.8 Å². The number of fused-ring (bicyclic) bond motifs is 1. The molecule has 0 radical (unpaired) electrons. The molecule has 2 unspecified atom stereocenters. The molecule has 5 heteroatoms. The minimum absolute atomic E-state index is 0.0481. The molecule has 116 valence electrons. The standard InChI is InChI=1S/C16H25N3O2/c1-11-7-12(9-16(2,3)8-11)18-14(20)13-10-17-19-5-4-6-21-15(13)19/h10-12H,4-9H2,1-3H3,(H,18,20). The fourth-order valence-electron chi connectivity index (χ4n) is 3.94. The van der Waals surface area contributed by atoms with Crippen molar-refractivity contribution < 1.29 is 9.53 Å². The highest BCUT2D eigenvalue weighted by atomic mass is 16.5. The number of nitrogens with one attached hydrogen (secondary N) is 1. The van der Waals surface area contributed by atoms with E-state index in [9.17, 15) is 4.79 Å². The van der Waals surface area contributed by atoms with E-state index in [4.69, 9.17) is 4.74 Å². The van der Waals surface area contributed by atoms with Gasteiger partial charge < -0.3 is 10.1 Å². The van der Waals surface area contributed by atoms with E-state index in [2.05, 4.69) is 31.2 Å². The van der Waals surface area contributed by atoms with Crippen molar-refractivity contribution in [2.24, 2.45) is 11.3 Å². The van der Waals surface area contributed by atoms with Gasteiger partial charge in [-0.25, -0.2) is 4.68 Å². The van der Waals surface area contributed by atoms with Crippen molar-refractivity contribution >= 4 is 5.91 Å². The molecule has 1 aliphatic heterocycles. The van der Waals surface area contributed by atoms with Crippen molar-refractivity contribution in [1.82, 2.24) is 15.1 Å². The van der Waals surface area contributed by atoms with Crippen molar-refractivity contribution in [3.8, 4) is 5.88 Å². The van der Waals surface area contributed by atoms with Crippen molar-refractivity contribution in [3.63, 3.8) is 0 Å². The summed E-state index contributed by atoms with van der Waals surface area (Å²) in [6.45, 7) is 8.33. The van der Waals surface area contributed by atoms with Crippen LogP contribution in [0, 0.1) is 11.3 Å². The predicted molar refractivity (Wildman–Crippen MR) is 80.4 cm³/mol. The van der Waals surface area contributed by atoms with E-state index in [0.29, 0.717) is 29.4 Å². The monoisotopic (exact) mass is 291 g/mol. The molecule has 1 fully saturated rings. The van der Waals surface area contributed by atoms with Gasteiger partial charge in [-0.1, -0.05) is 20.8 Å². The van der Waals surface area contributed by atoms with Crippen LogP contribution >= 0.6 is 0 Å². The highest BCUT2D eigenvalue weighted by Crippen LogP contribution is 2.38. The Morgan fingerprint density at radius 1 is 1.48 bits per heavy atom. The Labute approximate surface area is 126 Å². The van der Waals surface area contributed by atoms with E-state index in [1.165, 1.54) is 6.42 Å². The molecular formula is C16H25N3O2. The molecule has 0 bridgehead atoms. The first-order valence-corrected chi connectivity index (χ1v) is 7.94. The molecule has 1 N–H and O–H groups in total. The molecule has 0 aromatic carbocycles. The molecule has 21 heavy (non-hydrogen) atoms. The van der Waals surface area contributed by atoms with Crippen LogP contribution in [0.15, 0.2) is 6.20 Å². The molecular weight excluding hydrogens is 266 g/mol. The normalized spacial score (nSPS) is 27.6. The number of carbonyl (C=O) groups is 1. The fraction of sp³-hybridized carbons (Fsp3) is 0.750. The van der Waals surface area contributed by atoms with Crippen molar-refractivity contribution in [1.29, 1.82) is 0 Å². The minimum atomic E-state index is -0.0481. The molecule has 1 aromatic rings. The first-order chi connectivity index (χ1) is 9.94. The van der Waals surface area contributed by atoms with Gasteiger partial charge in [-0.05, 0) is 30.6 Å². The van der Waals surface area contributed by atoms with Crippen LogP contribution in [0.1, 0.15) is 56.8 Å². The summed E-state index contributed by atoms with van der Waals surface area (Å²) in [5.41, 5.74) is 0.871. The zero-order chi connectivity index (χ0) is 15.0. The number of amides is 1. The first-order valence-electron chi connectivity index (χ1n) is 7.94. The summed E-state index contributed by atoms with van der Waals surface area (Å²) < 4.78 is 7.39. The topological polar surface area (TPSA) is 56.2 Å². The fourth-order valence-corrected chi connectivity index (χ4v) is 3.94. The quantitative estimate of drug-likeness (QED) is 0.911. The number of aryl methyl sites for hydroxylation is 1. The Bertz CT molecular complexity index is 536. The van der Waals surface area contributed by atoms with E-state index in [1.807, 2.05) is 0 Å². The third-order valence-corrected chi connectivity index (χ3v) is 4.51. The molecule has 5 nitrogen and oxygen atoms in total. The smallest absolute Gasteiger partial charge is 0.258 e. The summed E-state index contributed by atoms with van der Waals surface area (Å²) >= 11 is 0. The second-order valence-corrected chi connectivity index (χ2v) is 7.37. The molecule has 2 heterocycles. The summed E-state index contributed by atoms with van der Waals surface area (Å²) in [6.07, 6.45) is 5.90. The van der Waals surface area contributed by atoms with Gasteiger partial charge in [0.2, 0.25) is 5.88 Å². The Kier molecular flexibility index (Phi) is 3.68. The summed E-state index contributed by atoms with van der Waals surface area (Å²) in [6, 6.07) is 0.246. The van der Waals surface area contributed by atoms with Gasteiger partial charge in [-0.3, -0.25) is 4.79 Å². The lowest BCUT2D eigenvalue weighted by Gasteiger charge is -2.39. The second-order valence-electron chi connectivity index (χ2n) is 7.37. The van der Waals surface area contributed by atoms with Crippen molar-refractivity contribution in [2.45, 2.75) is 59.0 Å². The SMILES string of the molecule is CC1CC(NC(=O)c2cnn3c2OCCC3)CC(C)(C)C1. The number of nitrogens with zero attached hydrogens (tertiary/aromatic N) is 2. The zero-order valence-electron chi connectivity index (χ0n) is 13.2. The largest absolute Gasteiger partial charge is 0.477 e. The third kappa shape index (κ3) is 3.06. The highest BCUT2D eigenvalue weighted by Gasteiger charge is 2.33. The van der Waals surface area contributed by atoms with Gasteiger partial charge in [0.25, 0.3) is 5.91 Å². The Morgan fingerprint density at radius 3 is 3.05 bits per heavy atom. The van der Waals surface area contributed by atoms with Crippen LogP contribution in [-0.4, -0.2) is 28.3 Å². The molecule has 1 amide bonds. The third-order valence-electron chi connectivity index (χ3n) is 4.51. The lowest BCUT2D eigenvalue weighted by atomic mass is 9.70. The molecule has 1 aromatic heterocycles. The van der Waals surface area contributed by atoms with E-state index in [1.54, 1.807) is 10.9 Å². The number of aromatic nitrogens is 2.